The molecule has 5 heteroatoms. The molecule has 0 aliphatic carbocycles. The predicted molar refractivity (Wildman–Crippen MR) is 161 cm³/mol. The first-order valence-electron chi connectivity index (χ1n) is 13.4. The minimum absolute atomic E-state index is 0.381. The van der Waals surface area contributed by atoms with Crippen LogP contribution in [0.2, 0.25) is 0 Å². The van der Waals surface area contributed by atoms with Crippen molar-refractivity contribution in [2.24, 2.45) is 0 Å². The molecule has 0 unspecified atom stereocenters. The van der Waals surface area contributed by atoms with Gasteiger partial charge < -0.3 is 5.11 Å². The van der Waals surface area contributed by atoms with Crippen molar-refractivity contribution in [1.29, 1.82) is 0 Å². The number of amides is 2. The Morgan fingerprint density at radius 2 is 1.00 bits per heavy atom. The highest BCUT2D eigenvalue weighted by Gasteiger charge is 2.42. The Morgan fingerprint density at radius 3 is 1.44 bits per heavy atom. The van der Waals surface area contributed by atoms with Crippen LogP contribution < -0.4 is 5.43 Å². The van der Waals surface area contributed by atoms with E-state index in [-0.39, 0.29) is 0 Å². The Balaban J connectivity index is 1.61. The number of carbonyl (C=O) groups excluding carboxylic acids is 2. The Bertz CT molecular complexity index is 1510. The second kappa shape index (κ2) is 12.7. The number of carbonyl (C=O) groups is 2. The lowest BCUT2D eigenvalue weighted by Gasteiger charge is -2.36. The summed E-state index contributed by atoms with van der Waals surface area (Å²) in [6, 6.07) is 45.2. The van der Waals surface area contributed by atoms with Gasteiger partial charge in [0, 0.05) is 6.08 Å². The van der Waals surface area contributed by atoms with Gasteiger partial charge in [-0.15, -0.1) is 0 Å². The minimum atomic E-state index is -2.07. The average molecular weight is 539 g/mol. The van der Waals surface area contributed by atoms with Crippen LogP contribution in [0.15, 0.2) is 158 Å². The maximum atomic E-state index is 14.2. The number of aliphatic hydroxyl groups is 1. The fourth-order valence-electron chi connectivity index (χ4n) is 4.80. The van der Waals surface area contributed by atoms with Crippen LogP contribution in [-0.4, -0.2) is 21.9 Å². The first-order chi connectivity index (χ1) is 20.1. The minimum Gasteiger partial charge on any atom is -0.372 e. The van der Waals surface area contributed by atoms with Gasteiger partial charge in [0.2, 0.25) is 0 Å². The third-order valence-electron chi connectivity index (χ3n) is 6.88. The average Bonchev–Trinajstić information content (AvgIpc) is 3.05. The van der Waals surface area contributed by atoms with Gasteiger partial charge in [0.15, 0.2) is 5.60 Å². The Kier molecular flexibility index (Phi) is 8.48. The van der Waals surface area contributed by atoms with Gasteiger partial charge in [-0.3, -0.25) is 15.0 Å². The van der Waals surface area contributed by atoms with Crippen LogP contribution >= 0.6 is 0 Å². The van der Waals surface area contributed by atoms with Crippen molar-refractivity contribution in [3.8, 4) is 0 Å². The molecule has 2 amide bonds. The van der Waals surface area contributed by atoms with E-state index in [1.165, 1.54) is 11.1 Å². The molecule has 0 fully saturated rings. The lowest BCUT2D eigenvalue weighted by atomic mass is 9.85. The van der Waals surface area contributed by atoms with Crippen LogP contribution in [-0.2, 0) is 15.2 Å². The van der Waals surface area contributed by atoms with Gasteiger partial charge in [0.25, 0.3) is 11.8 Å². The van der Waals surface area contributed by atoms with E-state index >= 15 is 0 Å². The third kappa shape index (κ3) is 6.16. The van der Waals surface area contributed by atoms with Crippen LogP contribution in [0.25, 0.3) is 6.08 Å². The summed E-state index contributed by atoms with van der Waals surface area (Å²) >= 11 is 0. The van der Waals surface area contributed by atoms with E-state index < -0.39 is 23.5 Å². The molecular formula is C36H30N2O3. The van der Waals surface area contributed by atoms with Crippen LogP contribution in [0, 0.1) is 0 Å². The molecule has 0 aliphatic rings. The number of hydrogen-bond acceptors (Lipinski definition) is 3. The van der Waals surface area contributed by atoms with Crippen LogP contribution in [0.4, 0.5) is 0 Å². The van der Waals surface area contributed by atoms with Gasteiger partial charge >= 0.3 is 0 Å². The molecular weight excluding hydrogens is 508 g/mol. The molecule has 0 bridgehead atoms. The summed E-state index contributed by atoms with van der Waals surface area (Å²) in [5.41, 5.74) is 3.96. The number of nitrogens with one attached hydrogen (secondary N) is 1. The number of rotatable bonds is 8. The summed E-state index contributed by atoms with van der Waals surface area (Å²) < 4.78 is 0. The topological polar surface area (TPSA) is 69.6 Å². The summed E-state index contributed by atoms with van der Waals surface area (Å²) in [5, 5.41) is 13.4. The molecule has 0 atom stereocenters. The third-order valence-corrected chi connectivity index (χ3v) is 6.88. The predicted octanol–water partition coefficient (Wildman–Crippen LogP) is 6.29. The van der Waals surface area contributed by atoms with Crippen molar-refractivity contribution in [2.75, 3.05) is 0 Å². The zero-order chi connectivity index (χ0) is 28.5. The molecule has 5 nitrogen and oxygen atoms in total. The van der Waals surface area contributed by atoms with Crippen LogP contribution in [0.5, 0.6) is 0 Å². The zero-order valence-electron chi connectivity index (χ0n) is 22.4. The monoisotopic (exact) mass is 538 g/mol. The number of hydrazine groups is 1. The molecule has 0 aliphatic heterocycles. The van der Waals surface area contributed by atoms with Crippen LogP contribution in [0.3, 0.4) is 0 Å². The highest BCUT2D eigenvalue weighted by molar-refractivity contribution is 5.96. The summed E-state index contributed by atoms with van der Waals surface area (Å²) in [5.74, 6) is -1.21. The van der Waals surface area contributed by atoms with Crippen molar-refractivity contribution < 1.29 is 14.7 Å². The summed E-state index contributed by atoms with van der Waals surface area (Å²) in [6.07, 6.45) is 3.13. The lowest BCUT2D eigenvalue weighted by Crippen LogP contribution is -2.55. The SMILES string of the molecule is O=C(/C=C/c1ccccc1)N(NC(=O)C(O)(c1ccccc1)c1ccccc1)C(c1ccccc1)c1ccccc1. The molecule has 0 heterocycles. The highest BCUT2D eigenvalue weighted by atomic mass is 16.3. The molecule has 41 heavy (non-hydrogen) atoms. The Labute approximate surface area is 240 Å². The molecule has 5 aromatic carbocycles. The molecule has 5 rings (SSSR count). The van der Waals surface area contributed by atoms with Crippen LogP contribution in [0.1, 0.15) is 33.9 Å². The number of hydrogen-bond donors (Lipinski definition) is 2. The van der Waals surface area contributed by atoms with E-state index in [1.54, 1.807) is 54.6 Å². The molecule has 0 aromatic heterocycles. The van der Waals surface area contributed by atoms with Crippen molar-refractivity contribution in [3.05, 3.63) is 186 Å². The Hall–Kier alpha value is -5.26. The first kappa shape index (κ1) is 27.3. The quantitative estimate of drug-likeness (QED) is 0.180. The molecule has 0 saturated heterocycles. The van der Waals surface area contributed by atoms with E-state index in [2.05, 4.69) is 5.43 Å². The highest BCUT2D eigenvalue weighted by Crippen LogP contribution is 2.32. The van der Waals surface area contributed by atoms with Gasteiger partial charge in [-0.2, -0.15) is 0 Å². The molecule has 5 aromatic rings. The van der Waals surface area contributed by atoms with Gasteiger partial charge in [0.05, 0.1) is 0 Å². The normalized spacial score (nSPS) is 11.4. The van der Waals surface area contributed by atoms with Gasteiger partial charge in [-0.1, -0.05) is 152 Å². The van der Waals surface area contributed by atoms with Gasteiger partial charge in [-0.25, -0.2) is 5.01 Å². The van der Waals surface area contributed by atoms with Crippen molar-refractivity contribution in [1.82, 2.24) is 10.4 Å². The van der Waals surface area contributed by atoms with Gasteiger partial charge in [0.1, 0.15) is 6.04 Å². The molecule has 0 radical (unpaired) electrons. The van der Waals surface area contributed by atoms with E-state index in [1.807, 2.05) is 103 Å². The second-order valence-electron chi connectivity index (χ2n) is 9.56. The fraction of sp³-hybridized carbons (Fsp3) is 0.0556. The lowest BCUT2D eigenvalue weighted by molar-refractivity contribution is -0.149. The standard InChI is InChI=1S/C36H30N2O3/c39-33(27-26-28-16-6-1-7-17-28)38(34(29-18-8-2-9-19-29)30-20-10-3-11-21-30)37-35(40)36(41,31-22-12-4-13-23-31)32-24-14-5-15-25-32/h1-27,34,41H,(H,37,40)/b27-26+. The van der Waals surface area contributed by atoms with E-state index in [0.717, 1.165) is 16.7 Å². The number of benzene rings is 5. The summed E-state index contributed by atoms with van der Waals surface area (Å²) in [7, 11) is 0. The van der Waals surface area contributed by atoms with E-state index in [4.69, 9.17) is 0 Å². The first-order valence-corrected chi connectivity index (χ1v) is 13.4. The Morgan fingerprint density at radius 1 is 0.610 bits per heavy atom. The maximum Gasteiger partial charge on any atom is 0.279 e. The molecule has 0 spiro atoms. The van der Waals surface area contributed by atoms with Gasteiger partial charge in [-0.05, 0) is 33.9 Å². The maximum absolute atomic E-state index is 14.2. The van der Waals surface area contributed by atoms with Crippen molar-refractivity contribution >= 4 is 17.9 Å². The largest absolute Gasteiger partial charge is 0.372 e. The smallest absolute Gasteiger partial charge is 0.279 e. The van der Waals surface area contributed by atoms with Crippen molar-refractivity contribution in [3.63, 3.8) is 0 Å². The van der Waals surface area contributed by atoms with Crippen molar-refractivity contribution in [2.45, 2.75) is 11.6 Å². The summed E-state index contributed by atoms with van der Waals surface area (Å²) in [6.45, 7) is 0. The fourth-order valence-corrected chi connectivity index (χ4v) is 4.80. The molecule has 2 N–H and O–H groups in total. The second-order valence-corrected chi connectivity index (χ2v) is 9.56. The number of nitrogens with zero attached hydrogens (tertiary/aromatic N) is 1. The zero-order valence-corrected chi connectivity index (χ0v) is 22.4. The van der Waals surface area contributed by atoms with E-state index in [9.17, 15) is 14.7 Å². The summed E-state index contributed by atoms with van der Waals surface area (Å²) in [4.78, 5) is 28.2. The molecule has 0 saturated carbocycles. The van der Waals surface area contributed by atoms with E-state index in [0.29, 0.717) is 11.1 Å². The molecule has 202 valence electrons.